The average Bonchev–Trinajstić information content (AvgIpc) is 2.51. The van der Waals surface area contributed by atoms with Gasteiger partial charge in [0.05, 0.1) is 21.6 Å². The second-order valence-corrected chi connectivity index (χ2v) is 7.65. The Hall–Kier alpha value is -0.0800. The van der Waals surface area contributed by atoms with E-state index >= 15 is 0 Å². The van der Waals surface area contributed by atoms with Crippen LogP contribution in [0.4, 0.5) is 5.82 Å². The highest BCUT2D eigenvalue weighted by Gasteiger charge is 2.16. The molecule has 1 N–H and O–H groups in total. The summed E-state index contributed by atoms with van der Waals surface area (Å²) < 4.78 is 6.33. The third-order valence-corrected chi connectivity index (χ3v) is 6.09. The van der Waals surface area contributed by atoms with Crippen molar-refractivity contribution in [3.8, 4) is 0 Å². The minimum absolute atomic E-state index is 0.542. The Bertz CT molecular complexity index is 426. The van der Waals surface area contributed by atoms with Gasteiger partial charge in [0.2, 0.25) is 0 Å². The lowest BCUT2D eigenvalue weighted by atomic mass is 10.0. The van der Waals surface area contributed by atoms with Gasteiger partial charge in [0.1, 0.15) is 11.6 Å². The maximum Gasteiger partial charge on any atom is 0.143 e. The molecule has 1 heterocycles. The van der Waals surface area contributed by atoms with Crippen LogP contribution in [0.25, 0.3) is 0 Å². The summed E-state index contributed by atoms with van der Waals surface area (Å²) in [6.45, 7) is 3.50. The summed E-state index contributed by atoms with van der Waals surface area (Å²) in [5, 5.41) is 4.12. The van der Waals surface area contributed by atoms with E-state index in [2.05, 4.69) is 44.8 Å². The molecule has 1 aromatic heterocycles. The zero-order valence-corrected chi connectivity index (χ0v) is 15.8. The summed E-state index contributed by atoms with van der Waals surface area (Å²) in [5.74, 6) is 2.77. The first kappa shape index (κ1) is 17.3. The second kappa shape index (κ2) is 9.15. The van der Waals surface area contributed by atoms with E-state index in [1.54, 1.807) is 7.11 Å². The van der Waals surface area contributed by atoms with Crippen LogP contribution in [-0.2, 0) is 17.1 Å². The van der Waals surface area contributed by atoms with E-state index in [-0.39, 0.29) is 0 Å². The standard InChI is InChI=1S/C15H24IN3OS/c1-3-17-15-14(16)12(9-20-2)18-13(19-15)10-21-11-7-5-4-6-8-11/h11H,3-10H2,1-2H3,(H,17,18,19). The van der Waals surface area contributed by atoms with Crippen molar-refractivity contribution in [2.24, 2.45) is 0 Å². The molecule has 0 radical (unpaired) electrons. The topological polar surface area (TPSA) is 47.0 Å². The molecule has 1 saturated carbocycles. The number of aromatic nitrogens is 2. The van der Waals surface area contributed by atoms with Crippen molar-refractivity contribution >= 4 is 40.2 Å². The van der Waals surface area contributed by atoms with Gasteiger partial charge in [0, 0.05) is 18.9 Å². The molecule has 1 fully saturated rings. The normalized spacial score (nSPS) is 16.1. The Morgan fingerprint density at radius 1 is 1.29 bits per heavy atom. The minimum Gasteiger partial charge on any atom is -0.378 e. The van der Waals surface area contributed by atoms with Gasteiger partial charge >= 0.3 is 0 Å². The van der Waals surface area contributed by atoms with E-state index in [1.165, 1.54) is 32.1 Å². The van der Waals surface area contributed by atoms with E-state index in [9.17, 15) is 0 Å². The molecule has 0 saturated heterocycles. The second-order valence-electron chi connectivity index (χ2n) is 5.28. The first-order valence-electron chi connectivity index (χ1n) is 7.64. The largest absolute Gasteiger partial charge is 0.378 e. The molecule has 1 aliphatic rings. The highest BCUT2D eigenvalue weighted by Crippen LogP contribution is 2.30. The summed E-state index contributed by atoms with van der Waals surface area (Å²) >= 11 is 4.32. The SMILES string of the molecule is CCNc1nc(CSC2CCCCC2)nc(COC)c1I. The molecule has 0 aromatic carbocycles. The van der Waals surface area contributed by atoms with Crippen LogP contribution in [0.3, 0.4) is 0 Å². The number of ether oxygens (including phenoxy) is 1. The molecule has 2 rings (SSSR count). The van der Waals surface area contributed by atoms with E-state index in [1.807, 2.05) is 11.8 Å². The van der Waals surface area contributed by atoms with Crippen molar-refractivity contribution in [3.63, 3.8) is 0 Å². The van der Waals surface area contributed by atoms with Crippen molar-refractivity contribution in [1.29, 1.82) is 0 Å². The van der Waals surface area contributed by atoms with E-state index < -0.39 is 0 Å². The van der Waals surface area contributed by atoms with E-state index in [0.29, 0.717) is 6.61 Å². The third kappa shape index (κ3) is 5.25. The molecule has 0 atom stereocenters. The van der Waals surface area contributed by atoms with Crippen LogP contribution < -0.4 is 5.32 Å². The number of rotatable bonds is 7. The number of hydrogen-bond donors (Lipinski definition) is 1. The number of hydrogen-bond acceptors (Lipinski definition) is 5. The van der Waals surface area contributed by atoms with Crippen LogP contribution in [0.2, 0.25) is 0 Å². The maximum absolute atomic E-state index is 5.26. The van der Waals surface area contributed by atoms with Crippen LogP contribution >= 0.6 is 34.4 Å². The predicted octanol–water partition coefficient (Wildman–Crippen LogP) is 4.23. The number of nitrogens with zero attached hydrogens (tertiary/aromatic N) is 2. The predicted molar refractivity (Wildman–Crippen MR) is 97.8 cm³/mol. The Balaban J connectivity index is 2.06. The zero-order valence-electron chi connectivity index (χ0n) is 12.8. The van der Waals surface area contributed by atoms with Crippen LogP contribution in [0.5, 0.6) is 0 Å². The summed E-state index contributed by atoms with van der Waals surface area (Å²) in [7, 11) is 1.71. The van der Waals surface area contributed by atoms with Gasteiger partial charge in [0.25, 0.3) is 0 Å². The number of nitrogens with one attached hydrogen (secondary N) is 1. The molecular formula is C15H24IN3OS. The summed E-state index contributed by atoms with van der Waals surface area (Å²) in [6, 6.07) is 0. The summed E-state index contributed by atoms with van der Waals surface area (Å²) in [4.78, 5) is 9.37. The first-order valence-corrected chi connectivity index (χ1v) is 9.77. The Morgan fingerprint density at radius 2 is 2.05 bits per heavy atom. The van der Waals surface area contributed by atoms with Gasteiger partial charge in [-0.25, -0.2) is 9.97 Å². The van der Waals surface area contributed by atoms with Crippen LogP contribution in [-0.4, -0.2) is 28.9 Å². The first-order chi connectivity index (χ1) is 10.2. The molecule has 0 amide bonds. The highest BCUT2D eigenvalue weighted by molar-refractivity contribution is 14.1. The van der Waals surface area contributed by atoms with Gasteiger partial charge in [-0.3, -0.25) is 0 Å². The minimum atomic E-state index is 0.542. The molecular weight excluding hydrogens is 397 g/mol. The molecule has 1 aliphatic carbocycles. The van der Waals surface area contributed by atoms with Crippen molar-refractivity contribution in [3.05, 3.63) is 15.1 Å². The molecule has 0 bridgehead atoms. The number of anilines is 1. The fourth-order valence-corrected chi connectivity index (χ4v) is 4.32. The molecule has 0 unspecified atom stereocenters. The fourth-order valence-electron chi connectivity index (χ4n) is 2.55. The van der Waals surface area contributed by atoms with Crippen molar-refractivity contribution in [2.45, 2.75) is 56.6 Å². The van der Waals surface area contributed by atoms with Gasteiger partial charge in [-0.05, 0) is 42.4 Å². The van der Waals surface area contributed by atoms with Crippen LogP contribution in [0.15, 0.2) is 0 Å². The van der Waals surface area contributed by atoms with Gasteiger partial charge in [-0.15, -0.1) is 0 Å². The molecule has 6 heteroatoms. The number of methoxy groups -OCH3 is 1. The monoisotopic (exact) mass is 421 g/mol. The van der Waals surface area contributed by atoms with Crippen LogP contribution in [0.1, 0.15) is 50.5 Å². The Labute approximate surface area is 145 Å². The van der Waals surface area contributed by atoms with Gasteiger partial charge in [-0.1, -0.05) is 19.3 Å². The molecule has 0 spiro atoms. The Kier molecular flexibility index (Phi) is 7.53. The van der Waals surface area contributed by atoms with Gasteiger partial charge in [-0.2, -0.15) is 11.8 Å². The summed E-state index contributed by atoms with van der Waals surface area (Å²) in [5.41, 5.74) is 0.989. The molecule has 118 valence electrons. The van der Waals surface area contributed by atoms with Crippen molar-refractivity contribution < 1.29 is 4.74 Å². The highest BCUT2D eigenvalue weighted by atomic mass is 127. The molecule has 0 aliphatic heterocycles. The lowest BCUT2D eigenvalue weighted by Gasteiger charge is -2.21. The average molecular weight is 421 g/mol. The fraction of sp³-hybridized carbons (Fsp3) is 0.733. The lowest BCUT2D eigenvalue weighted by Crippen LogP contribution is -2.12. The number of halogens is 1. The third-order valence-electron chi connectivity index (χ3n) is 3.59. The lowest BCUT2D eigenvalue weighted by molar-refractivity contribution is 0.180. The van der Waals surface area contributed by atoms with Crippen LogP contribution in [0, 0.1) is 3.57 Å². The smallest absolute Gasteiger partial charge is 0.143 e. The number of thioether (sulfide) groups is 1. The van der Waals surface area contributed by atoms with Crippen molar-refractivity contribution in [2.75, 3.05) is 19.0 Å². The quantitative estimate of drug-likeness (QED) is 0.668. The Morgan fingerprint density at radius 3 is 2.71 bits per heavy atom. The zero-order chi connectivity index (χ0) is 15.1. The van der Waals surface area contributed by atoms with E-state index in [0.717, 1.165) is 38.5 Å². The maximum atomic E-state index is 5.26. The molecule has 4 nitrogen and oxygen atoms in total. The van der Waals surface area contributed by atoms with Crippen molar-refractivity contribution in [1.82, 2.24) is 9.97 Å². The van der Waals surface area contributed by atoms with E-state index in [4.69, 9.17) is 4.74 Å². The van der Waals surface area contributed by atoms with Gasteiger partial charge in [0.15, 0.2) is 0 Å². The molecule has 1 aromatic rings. The summed E-state index contributed by atoms with van der Waals surface area (Å²) in [6.07, 6.45) is 6.85. The molecule has 21 heavy (non-hydrogen) atoms. The van der Waals surface area contributed by atoms with Gasteiger partial charge < -0.3 is 10.1 Å².